The van der Waals surface area contributed by atoms with Gasteiger partial charge in [0, 0.05) is 11.1 Å². The molecule has 0 atom stereocenters. The third-order valence-electron chi connectivity index (χ3n) is 5.42. The van der Waals surface area contributed by atoms with E-state index in [-0.39, 0.29) is 11.6 Å². The SMILES string of the molecule is COC(=O)c1ccc(-c2nc(-c3ccccc3)nc(-c3cc(Oc4ccccc4)ccc3O)n2)cc1. The Hall–Kier alpha value is -5.04. The second-order valence-corrected chi connectivity index (χ2v) is 7.84. The molecule has 0 saturated heterocycles. The Bertz CT molecular complexity index is 1510. The van der Waals surface area contributed by atoms with Crippen molar-refractivity contribution in [2.45, 2.75) is 0 Å². The molecule has 0 unspecified atom stereocenters. The summed E-state index contributed by atoms with van der Waals surface area (Å²) in [4.78, 5) is 25.8. The number of para-hydroxylation sites is 1. The number of benzene rings is 4. The Balaban J connectivity index is 1.61. The number of rotatable bonds is 6. The Kier molecular flexibility index (Phi) is 6.36. The van der Waals surface area contributed by atoms with Gasteiger partial charge >= 0.3 is 5.97 Å². The van der Waals surface area contributed by atoms with Crippen LogP contribution in [0.25, 0.3) is 34.2 Å². The third kappa shape index (κ3) is 4.90. The molecule has 0 bridgehead atoms. The topological polar surface area (TPSA) is 94.4 Å². The van der Waals surface area contributed by atoms with Crippen LogP contribution >= 0.6 is 0 Å². The molecule has 5 rings (SSSR count). The number of carbonyl (C=O) groups excluding carboxylic acids is 1. The van der Waals surface area contributed by atoms with E-state index in [0.717, 1.165) is 5.56 Å². The average Bonchev–Trinajstić information content (AvgIpc) is 2.94. The summed E-state index contributed by atoms with van der Waals surface area (Å²) in [6.45, 7) is 0. The van der Waals surface area contributed by atoms with Crippen LogP contribution in [0.15, 0.2) is 103 Å². The minimum atomic E-state index is -0.428. The standard InChI is InChI=1S/C29H21N3O4/c1-35-29(34)21-14-12-20(13-15-21)27-30-26(19-8-4-2-5-9-19)31-28(32-27)24-18-23(16-17-25(24)33)36-22-10-6-3-7-11-22/h2-18,33H,1H3. The molecule has 0 spiro atoms. The van der Waals surface area contributed by atoms with Crippen LogP contribution in [-0.4, -0.2) is 33.1 Å². The Labute approximate surface area is 207 Å². The molecule has 0 radical (unpaired) electrons. The number of nitrogens with zero attached hydrogens (tertiary/aromatic N) is 3. The van der Waals surface area contributed by atoms with Gasteiger partial charge in [-0.2, -0.15) is 0 Å². The largest absolute Gasteiger partial charge is 0.507 e. The first-order valence-electron chi connectivity index (χ1n) is 11.2. The monoisotopic (exact) mass is 475 g/mol. The summed E-state index contributed by atoms with van der Waals surface area (Å²) in [5, 5.41) is 10.7. The highest BCUT2D eigenvalue weighted by Crippen LogP contribution is 2.34. The molecule has 1 aromatic heterocycles. The summed E-state index contributed by atoms with van der Waals surface area (Å²) >= 11 is 0. The molecule has 0 aliphatic heterocycles. The number of methoxy groups -OCH3 is 1. The molecule has 0 fully saturated rings. The minimum absolute atomic E-state index is 0.00705. The highest BCUT2D eigenvalue weighted by Gasteiger charge is 2.16. The van der Waals surface area contributed by atoms with Crippen molar-refractivity contribution in [2.24, 2.45) is 0 Å². The molecule has 7 nitrogen and oxygen atoms in total. The fourth-order valence-electron chi connectivity index (χ4n) is 3.60. The number of aromatic nitrogens is 3. The van der Waals surface area contributed by atoms with Crippen molar-refractivity contribution in [3.05, 3.63) is 109 Å². The summed E-state index contributed by atoms with van der Waals surface area (Å²) in [5.41, 5.74) is 2.29. The molecule has 0 saturated carbocycles. The van der Waals surface area contributed by atoms with Crippen molar-refractivity contribution < 1.29 is 19.4 Å². The van der Waals surface area contributed by atoms with Crippen molar-refractivity contribution in [1.29, 1.82) is 0 Å². The van der Waals surface area contributed by atoms with E-state index >= 15 is 0 Å². The number of carbonyl (C=O) groups is 1. The lowest BCUT2D eigenvalue weighted by Crippen LogP contribution is -2.02. The maximum Gasteiger partial charge on any atom is 0.337 e. The Morgan fingerprint density at radius 3 is 1.89 bits per heavy atom. The van der Waals surface area contributed by atoms with E-state index in [9.17, 15) is 9.90 Å². The van der Waals surface area contributed by atoms with Gasteiger partial charge in [0.15, 0.2) is 17.5 Å². The molecule has 1 heterocycles. The maximum absolute atomic E-state index is 11.8. The van der Waals surface area contributed by atoms with Crippen LogP contribution in [-0.2, 0) is 4.74 Å². The van der Waals surface area contributed by atoms with Crippen LogP contribution in [0, 0.1) is 0 Å². The van der Waals surface area contributed by atoms with Crippen LogP contribution in [0.4, 0.5) is 0 Å². The summed E-state index contributed by atoms with van der Waals surface area (Å²) in [6, 6.07) is 30.6. The minimum Gasteiger partial charge on any atom is -0.507 e. The summed E-state index contributed by atoms with van der Waals surface area (Å²) in [5.74, 6) is 1.90. The molecule has 0 amide bonds. The first-order valence-corrected chi connectivity index (χ1v) is 11.2. The lowest BCUT2D eigenvalue weighted by molar-refractivity contribution is 0.0600. The normalized spacial score (nSPS) is 10.6. The molecule has 0 aliphatic rings. The van der Waals surface area contributed by atoms with Crippen LogP contribution in [0.5, 0.6) is 17.2 Å². The van der Waals surface area contributed by atoms with Crippen molar-refractivity contribution in [1.82, 2.24) is 15.0 Å². The summed E-state index contributed by atoms with van der Waals surface area (Å²) < 4.78 is 10.7. The Morgan fingerprint density at radius 1 is 0.667 bits per heavy atom. The van der Waals surface area contributed by atoms with E-state index in [1.54, 1.807) is 42.5 Å². The number of hydrogen-bond acceptors (Lipinski definition) is 7. The Morgan fingerprint density at radius 2 is 1.25 bits per heavy atom. The van der Waals surface area contributed by atoms with E-state index in [4.69, 9.17) is 9.47 Å². The zero-order valence-corrected chi connectivity index (χ0v) is 19.3. The van der Waals surface area contributed by atoms with Gasteiger partial charge in [-0.05, 0) is 42.5 Å². The van der Waals surface area contributed by atoms with Crippen molar-refractivity contribution in [3.63, 3.8) is 0 Å². The molecule has 4 aromatic carbocycles. The third-order valence-corrected chi connectivity index (χ3v) is 5.42. The van der Waals surface area contributed by atoms with Crippen LogP contribution in [0.2, 0.25) is 0 Å². The number of phenolic OH excluding ortho intramolecular Hbond substituents is 1. The molecular weight excluding hydrogens is 454 g/mol. The van der Waals surface area contributed by atoms with Crippen LogP contribution < -0.4 is 4.74 Å². The first kappa shape index (κ1) is 22.7. The number of hydrogen-bond donors (Lipinski definition) is 1. The first-order chi connectivity index (χ1) is 17.6. The van der Waals surface area contributed by atoms with Crippen molar-refractivity contribution >= 4 is 5.97 Å². The number of aromatic hydroxyl groups is 1. The fourth-order valence-corrected chi connectivity index (χ4v) is 3.60. The predicted octanol–water partition coefficient (Wildman–Crippen LogP) is 6.16. The van der Waals surface area contributed by atoms with Gasteiger partial charge in [-0.3, -0.25) is 0 Å². The molecule has 1 N–H and O–H groups in total. The zero-order chi connectivity index (χ0) is 24.9. The van der Waals surface area contributed by atoms with Gasteiger partial charge in [0.25, 0.3) is 0 Å². The lowest BCUT2D eigenvalue weighted by Gasteiger charge is -2.11. The van der Waals surface area contributed by atoms with Gasteiger partial charge in [-0.25, -0.2) is 19.7 Å². The predicted molar refractivity (Wildman–Crippen MR) is 136 cm³/mol. The number of esters is 1. The number of phenols is 1. The molecule has 176 valence electrons. The van der Waals surface area contributed by atoms with Gasteiger partial charge in [-0.1, -0.05) is 60.7 Å². The number of ether oxygens (including phenoxy) is 2. The van der Waals surface area contributed by atoms with Crippen molar-refractivity contribution in [3.8, 4) is 51.4 Å². The van der Waals surface area contributed by atoms with E-state index < -0.39 is 5.97 Å². The van der Waals surface area contributed by atoms with Gasteiger partial charge in [-0.15, -0.1) is 0 Å². The highest BCUT2D eigenvalue weighted by atomic mass is 16.5. The second kappa shape index (κ2) is 10.1. The lowest BCUT2D eigenvalue weighted by atomic mass is 10.1. The second-order valence-electron chi connectivity index (χ2n) is 7.84. The van der Waals surface area contributed by atoms with E-state index in [0.29, 0.717) is 39.8 Å². The summed E-state index contributed by atoms with van der Waals surface area (Å²) in [7, 11) is 1.34. The molecule has 0 aliphatic carbocycles. The van der Waals surface area contributed by atoms with E-state index in [1.807, 2.05) is 60.7 Å². The zero-order valence-electron chi connectivity index (χ0n) is 19.3. The molecule has 7 heteroatoms. The summed E-state index contributed by atoms with van der Waals surface area (Å²) in [6.07, 6.45) is 0. The molecule has 5 aromatic rings. The van der Waals surface area contributed by atoms with E-state index in [1.165, 1.54) is 7.11 Å². The van der Waals surface area contributed by atoms with Crippen molar-refractivity contribution in [2.75, 3.05) is 7.11 Å². The smallest absolute Gasteiger partial charge is 0.337 e. The highest BCUT2D eigenvalue weighted by molar-refractivity contribution is 5.89. The molecule has 36 heavy (non-hydrogen) atoms. The maximum atomic E-state index is 11.8. The average molecular weight is 476 g/mol. The van der Waals surface area contributed by atoms with Gasteiger partial charge in [0.2, 0.25) is 0 Å². The van der Waals surface area contributed by atoms with Gasteiger partial charge in [0.05, 0.1) is 18.2 Å². The van der Waals surface area contributed by atoms with Gasteiger partial charge in [0.1, 0.15) is 17.2 Å². The van der Waals surface area contributed by atoms with Crippen LogP contribution in [0.1, 0.15) is 10.4 Å². The van der Waals surface area contributed by atoms with E-state index in [2.05, 4.69) is 15.0 Å². The quantitative estimate of drug-likeness (QED) is 0.294. The van der Waals surface area contributed by atoms with Gasteiger partial charge < -0.3 is 14.6 Å². The molecular formula is C29H21N3O4. The van der Waals surface area contributed by atoms with Crippen LogP contribution in [0.3, 0.4) is 0 Å². The fraction of sp³-hybridized carbons (Fsp3) is 0.0345.